The van der Waals surface area contributed by atoms with Gasteiger partial charge in [0.15, 0.2) is 11.6 Å². The zero-order valence-corrected chi connectivity index (χ0v) is 25.5. The zero-order chi connectivity index (χ0) is 31.3. The molecule has 43 heavy (non-hydrogen) atoms. The van der Waals surface area contributed by atoms with E-state index in [1.165, 1.54) is 6.07 Å². The van der Waals surface area contributed by atoms with Gasteiger partial charge >= 0.3 is 5.97 Å². The molecule has 0 fully saturated rings. The van der Waals surface area contributed by atoms with Crippen molar-refractivity contribution in [2.75, 3.05) is 20.1 Å². The van der Waals surface area contributed by atoms with E-state index < -0.39 is 23.6 Å². The van der Waals surface area contributed by atoms with Gasteiger partial charge in [-0.1, -0.05) is 23.7 Å². The molecule has 0 saturated heterocycles. The summed E-state index contributed by atoms with van der Waals surface area (Å²) in [6, 6.07) is 16.3. The van der Waals surface area contributed by atoms with Gasteiger partial charge in [-0.2, -0.15) is 0 Å². The number of carbonyl (C=O) groups is 2. The van der Waals surface area contributed by atoms with Crippen LogP contribution in [0.2, 0.25) is 5.02 Å². The van der Waals surface area contributed by atoms with Gasteiger partial charge < -0.3 is 19.3 Å². The van der Waals surface area contributed by atoms with Gasteiger partial charge in [0.05, 0.1) is 23.4 Å². The van der Waals surface area contributed by atoms with Crippen LogP contribution in [-0.4, -0.2) is 53.8 Å². The standard InChI is InChI=1S/C33H34ClF2N3O4/c1-20(2)42-33(41)30-21(3)37-22(4)39(31(30)24-8-6-9-25(34)18-24)17-7-16-38(5)32(40)23-10-13-27(14-11-23)43-29-15-12-26(35)19-28(29)36/h6,8-15,18-20,31H,7,16-17H2,1-5H3. The first-order valence-corrected chi connectivity index (χ1v) is 14.3. The first-order chi connectivity index (χ1) is 20.4. The van der Waals surface area contributed by atoms with E-state index in [1.54, 1.807) is 63.1 Å². The van der Waals surface area contributed by atoms with E-state index in [-0.39, 0.29) is 17.8 Å². The summed E-state index contributed by atoms with van der Waals surface area (Å²) < 4.78 is 38.2. The Morgan fingerprint density at radius 1 is 1.05 bits per heavy atom. The molecule has 1 atom stereocenters. The van der Waals surface area contributed by atoms with Crippen molar-refractivity contribution in [3.8, 4) is 11.5 Å². The van der Waals surface area contributed by atoms with Crippen LogP contribution in [0.5, 0.6) is 11.5 Å². The molecular formula is C33H34ClF2N3O4. The molecule has 3 aromatic rings. The average molecular weight is 610 g/mol. The maximum absolute atomic E-state index is 13.9. The smallest absolute Gasteiger partial charge is 0.338 e. The Balaban J connectivity index is 1.44. The number of carbonyl (C=O) groups excluding carboxylic acids is 2. The number of allylic oxidation sites excluding steroid dienone is 1. The molecule has 1 aliphatic heterocycles. The van der Waals surface area contributed by atoms with E-state index in [0.717, 1.165) is 23.5 Å². The number of benzene rings is 3. The number of rotatable bonds is 10. The Labute approximate surface area is 255 Å². The van der Waals surface area contributed by atoms with Gasteiger partial charge in [-0.3, -0.25) is 4.79 Å². The van der Waals surface area contributed by atoms with E-state index in [2.05, 4.69) is 4.99 Å². The number of hydrogen-bond acceptors (Lipinski definition) is 6. The van der Waals surface area contributed by atoms with E-state index in [9.17, 15) is 18.4 Å². The molecule has 0 aromatic heterocycles. The number of ether oxygens (including phenoxy) is 2. The summed E-state index contributed by atoms with van der Waals surface area (Å²) in [5.41, 5.74) is 2.31. The highest BCUT2D eigenvalue weighted by Crippen LogP contribution is 2.37. The lowest BCUT2D eigenvalue weighted by Gasteiger charge is -2.38. The Morgan fingerprint density at radius 3 is 2.42 bits per heavy atom. The normalized spacial score (nSPS) is 15.0. The van der Waals surface area contributed by atoms with E-state index >= 15 is 0 Å². The third kappa shape index (κ3) is 7.78. The van der Waals surface area contributed by atoms with Crippen molar-refractivity contribution in [2.24, 2.45) is 4.99 Å². The molecule has 0 aliphatic carbocycles. The monoisotopic (exact) mass is 609 g/mol. The predicted octanol–water partition coefficient (Wildman–Crippen LogP) is 7.57. The highest BCUT2D eigenvalue weighted by molar-refractivity contribution is 6.30. The second-order valence-electron chi connectivity index (χ2n) is 10.5. The second-order valence-corrected chi connectivity index (χ2v) is 11.0. The van der Waals surface area contributed by atoms with Crippen LogP contribution in [0.3, 0.4) is 0 Å². The summed E-state index contributed by atoms with van der Waals surface area (Å²) in [5, 5.41) is 0.552. The summed E-state index contributed by atoms with van der Waals surface area (Å²) in [6.45, 7) is 8.23. The molecule has 0 N–H and O–H groups in total. The van der Waals surface area contributed by atoms with Gasteiger partial charge in [0, 0.05) is 36.8 Å². The Morgan fingerprint density at radius 2 is 1.77 bits per heavy atom. The summed E-state index contributed by atoms with van der Waals surface area (Å²) in [6.07, 6.45) is 0.292. The fourth-order valence-corrected chi connectivity index (χ4v) is 5.11. The molecule has 10 heteroatoms. The summed E-state index contributed by atoms with van der Waals surface area (Å²) in [4.78, 5) is 34.6. The number of halogens is 3. The van der Waals surface area contributed by atoms with Crippen LogP contribution < -0.4 is 4.74 Å². The second kappa shape index (κ2) is 13.8. The van der Waals surface area contributed by atoms with Crippen molar-refractivity contribution in [3.63, 3.8) is 0 Å². The minimum absolute atomic E-state index is 0.115. The van der Waals surface area contributed by atoms with E-state index in [1.807, 2.05) is 30.0 Å². The molecule has 1 unspecified atom stereocenters. The van der Waals surface area contributed by atoms with Gasteiger partial charge in [-0.05, 0) is 88.2 Å². The average Bonchev–Trinajstić information content (AvgIpc) is 2.94. The maximum Gasteiger partial charge on any atom is 0.338 e. The minimum Gasteiger partial charge on any atom is -0.459 e. The van der Waals surface area contributed by atoms with Crippen molar-refractivity contribution in [3.05, 3.63) is 106 Å². The topological polar surface area (TPSA) is 71.4 Å². The highest BCUT2D eigenvalue weighted by Gasteiger charge is 2.35. The molecule has 1 heterocycles. The third-order valence-corrected chi connectivity index (χ3v) is 7.14. The van der Waals surface area contributed by atoms with Crippen LogP contribution in [0, 0.1) is 11.6 Å². The number of amidine groups is 1. The number of aliphatic imine (C=N–C) groups is 1. The number of esters is 1. The van der Waals surface area contributed by atoms with Crippen LogP contribution in [-0.2, 0) is 9.53 Å². The lowest BCUT2D eigenvalue weighted by molar-refractivity contribution is -0.143. The molecule has 4 rings (SSSR count). The molecular weight excluding hydrogens is 576 g/mol. The molecule has 3 aromatic carbocycles. The van der Waals surface area contributed by atoms with Crippen LogP contribution >= 0.6 is 11.6 Å². The highest BCUT2D eigenvalue weighted by atomic mass is 35.5. The lowest BCUT2D eigenvalue weighted by Crippen LogP contribution is -2.41. The summed E-state index contributed by atoms with van der Waals surface area (Å²) >= 11 is 6.33. The van der Waals surface area contributed by atoms with Crippen LogP contribution in [0.4, 0.5) is 8.78 Å². The molecule has 1 aliphatic rings. The first kappa shape index (κ1) is 31.7. The van der Waals surface area contributed by atoms with Crippen molar-refractivity contribution >= 4 is 29.3 Å². The summed E-state index contributed by atoms with van der Waals surface area (Å²) in [5.74, 6) is -1.21. The third-order valence-electron chi connectivity index (χ3n) is 6.91. The predicted molar refractivity (Wildman–Crippen MR) is 162 cm³/mol. The van der Waals surface area contributed by atoms with Crippen molar-refractivity contribution < 1.29 is 27.8 Å². The molecule has 0 bridgehead atoms. The van der Waals surface area contributed by atoms with Crippen LogP contribution in [0.25, 0.3) is 0 Å². The van der Waals surface area contributed by atoms with Gasteiger partial charge in [0.25, 0.3) is 5.91 Å². The lowest BCUT2D eigenvalue weighted by atomic mass is 9.93. The largest absolute Gasteiger partial charge is 0.459 e. The molecule has 1 amide bonds. The quantitative estimate of drug-likeness (QED) is 0.222. The van der Waals surface area contributed by atoms with Gasteiger partial charge in [-0.15, -0.1) is 0 Å². The molecule has 226 valence electrons. The maximum atomic E-state index is 13.9. The SMILES string of the molecule is CC1=NC(C)=C(C(=O)OC(C)C)C(c2cccc(Cl)c2)N1CCCN(C)C(=O)c1ccc(Oc2ccc(F)cc2F)cc1. The Bertz CT molecular complexity index is 1560. The van der Waals surface area contributed by atoms with Crippen LogP contribution in [0.1, 0.15) is 56.1 Å². The summed E-state index contributed by atoms with van der Waals surface area (Å²) in [7, 11) is 1.71. The minimum atomic E-state index is -0.818. The molecule has 0 radical (unpaired) electrons. The van der Waals surface area contributed by atoms with Crippen molar-refractivity contribution in [1.29, 1.82) is 0 Å². The number of hydrogen-bond donors (Lipinski definition) is 0. The van der Waals surface area contributed by atoms with Gasteiger partial charge in [0.2, 0.25) is 0 Å². The zero-order valence-electron chi connectivity index (χ0n) is 24.7. The Kier molecular flexibility index (Phi) is 10.2. The molecule has 0 spiro atoms. The van der Waals surface area contributed by atoms with Crippen molar-refractivity contribution in [1.82, 2.24) is 9.80 Å². The van der Waals surface area contributed by atoms with Crippen molar-refractivity contribution in [2.45, 2.75) is 46.3 Å². The van der Waals surface area contributed by atoms with Crippen LogP contribution in [0.15, 0.2) is 83.0 Å². The number of nitrogens with zero attached hydrogens (tertiary/aromatic N) is 3. The van der Waals surface area contributed by atoms with E-state index in [4.69, 9.17) is 21.1 Å². The first-order valence-electron chi connectivity index (χ1n) is 13.9. The fourth-order valence-electron chi connectivity index (χ4n) is 4.91. The van der Waals surface area contributed by atoms with E-state index in [0.29, 0.717) is 47.1 Å². The fraction of sp³-hybridized carbons (Fsp3) is 0.303. The van der Waals surface area contributed by atoms with Gasteiger partial charge in [-0.25, -0.2) is 18.6 Å². The Hall–Kier alpha value is -4.24. The number of amides is 1. The molecule has 0 saturated carbocycles. The molecule has 7 nitrogen and oxygen atoms in total. The van der Waals surface area contributed by atoms with Gasteiger partial charge in [0.1, 0.15) is 17.4 Å².